The van der Waals surface area contributed by atoms with Crippen LogP contribution in [0.1, 0.15) is 50.8 Å². The van der Waals surface area contributed by atoms with Crippen LogP contribution in [0.2, 0.25) is 0 Å². The lowest BCUT2D eigenvalue weighted by Gasteiger charge is -2.22. The molecule has 2 aromatic carbocycles. The van der Waals surface area contributed by atoms with E-state index in [1.54, 1.807) is 23.1 Å². The maximum Gasteiger partial charge on any atom is 0.232 e. The monoisotopic (exact) mass is 446 g/mol. The number of carbonyl (C=O) groups is 2. The lowest BCUT2D eigenvalue weighted by molar-refractivity contribution is -0.124. The lowest BCUT2D eigenvalue weighted by Crippen LogP contribution is -2.36. The smallest absolute Gasteiger partial charge is 0.232 e. The highest BCUT2D eigenvalue weighted by molar-refractivity contribution is 6.05. The molecule has 2 amide bonds. The van der Waals surface area contributed by atoms with Crippen molar-refractivity contribution < 1.29 is 9.59 Å². The van der Waals surface area contributed by atoms with Gasteiger partial charge in [0.1, 0.15) is 0 Å². The zero-order valence-corrected chi connectivity index (χ0v) is 20.2. The Bertz CT molecular complexity index is 1040. The van der Waals surface area contributed by atoms with Crippen LogP contribution >= 0.6 is 0 Å². The van der Waals surface area contributed by atoms with Gasteiger partial charge in [-0.15, -0.1) is 0 Å². The topological polar surface area (TPSA) is 67.7 Å². The van der Waals surface area contributed by atoms with E-state index in [0.717, 1.165) is 31.7 Å². The molecule has 0 bridgehead atoms. The largest absolute Gasteiger partial charge is 0.312 e. The Hall–Kier alpha value is -3.17. The Kier molecular flexibility index (Phi) is 8.24. The van der Waals surface area contributed by atoms with Gasteiger partial charge in [0, 0.05) is 37.4 Å². The predicted molar refractivity (Wildman–Crippen MR) is 132 cm³/mol. The van der Waals surface area contributed by atoms with Gasteiger partial charge in [-0.2, -0.15) is 5.26 Å². The minimum absolute atomic E-state index is 0.0162. The SMILES string of the molecule is CC.CCN(CC)Cc1ccc2c(c1)CCN2C(=O)C1CC(=O)N(c2cccc(C#N)c2)C1. The maximum atomic E-state index is 13.3. The highest BCUT2D eigenvalue weighted by Crippen LogP contribution is 2.33. The molecule has 0 N–H and O–H groups in total. The molecule has 1 saturated heterocycles. The summed E-state index contributed by atoms with van der Waals surface area (Å²) in [7, 11) is 0. The third kappa shape index (κ3) is 5.26. The normalized spacial score (nSPS) is 17.0. The van der Waals surface area contributed by atoms with Crippen molar-refractivity contribution in [3.63, 3.8) is 0 Å². The van der Waals surface area contributed by atoms with Gasteiger partial charge in [-0.05, 0) is 54.9 Å². The second kappa shape index (κ2) is 11.1. The molecule has 0 aliphatic carbocycles. The van der Waals surface area contributed by atoms with E-state index in [1.807, 2.05) is 24.8 Å². The summed E-state index contributed by atoms with van der Waals surface area (Å²) in [5.74, 6) is -0.412. The summed E-state index contributed by atoms with van der Waals surface area (Å²) >= 11 is 0. The van der Waals surface area contributed by atoms with Crippen LogP contribution in [-0.4, -0.2) is 42.9 Å². The lowest BCUT2D eigenvalue weighted by atomic mass is 10.1. The number of rotatable bonds is 6. The standard InChI is InChI=1S/C25H28N4O2.C2H6/c1-3-27(4-2)16-19-8-9-23-20(12-19)10-11-28(23)25(31)21-14-24(30)29(17-21)22-7-5-6-18(13-22)15-26;1-2/h5-9,12-13,21H,3-4,10-11,14,16-17H2,1-2H3;1-2H3. The van der Waals surface area contributed by atoms with Gasteiger partial charge in [-0.1, -0.05) is 45.9 Å². The molecule has 0 spiro atoms. The molecule has 33 heavy (non-hydrogen) atoms. The third-order valence-electron chi connectivity index (χ3n) is 6.37. The summed E-state index contributed by atoms with van der Waals surface area (Å²) in [6.07, 6.45) is 1.06. The molecule has 1 fully saturated rings. The van der Waals surface area contributed by atoms with E-state index >= 15 is 0 Å². The van der Waals surface area contributed by atoms with E-state index in [1.165, 1.54) is 11.1 Å². The Morgan fingerprint density at radius 2 is 1.91 bits per heavy atom. The first kappa shape index (κ1) is 24.5. The summed E-state index contributed by atoms with van der Waals surface area (Å²) in [6, 6.07) is 15.5. The molecule has 0 radical (unpaired) electrons. The quantitative estimate of drug-likeness (QED) is 0.661. The molecule has 174 valence electrons. The first-order chi connectivity index (χ1) is 16.0. The molecule has 6 nitrogen and oxygen atoms in total. The minimum atomic E-state index is -0.362. The number of amides is 2. The highest BCUT2D eigenvalue weighted by atomic mass is 16.2. The fourth-order valence-electron chi connectivity index (χ4n) is 4.57. The van der Waals surface area contributed by atoms with Crippen LogP contribution < -0.4 is 9.80 Å². The second-order valence-corrected chi connectivity index (χ2v) is 8.23. The zero-order valence-electron chi connectivity index (χ0n) is 20.2. The van der Waals surface area contributed by atoms with Gasteiger partial charge in [0.05, 0.1) is 17.6 Å². The van der Waals surface area contributed by atoms with Gasteiger partial charge in [0.25, 0.3) is 0 Å². The van der Waals surface area contributed by atoms with Gasteiger partial charge in [0.15, 0.2) is 0 Å². The van der Waals surface area contributed by atoms with Gasteiger partial charge in [0.2, 0.25) is 11.8 Å². The van der Waals surface area contributed by atoms with Crippen LogP contribution in [0.15, 0.2) is 42.5 Å². The van der Waals surface area contributed by atoms with E-state index in [0.29, 0.717) is 24.3 Å². The van der Waals surface area contributed by atoms with Gasteiger partial charge < -0.3 is 9.80 Å². The molecule has 2 aromatic rings. The molecule has 2 aliphatic rings. The highest BCUT2D eigenvalue weighted by Gasteiger charge is 2.39. The fourth-order valence-corrected chi connectivity index (χ4v) is 4.57. The molecule has 0 aromatic heterocycles. The van der Waals surface area contributed by atoms with Crippen LogP contribution in [0.4, 0.5) is 11.4 Å². The van der Waals surface area contributed by atoms with E-state index < -0.39 is 0 Å². The van der Waals surface area contributed by atoms with Crippen molar-refractivity contribution in [2.45, 2.75) is 47.1 Å². The van der Waals surface area contributed by atoms with Crippen LogP contribution in [-0.2, 0) is 22.6 Å². The zero-order chi connectivity index (χ0) is 24.0. The Morgan fingerprint density at radius 1 is 1.15 bits per heavy atom. The molecule has 1 unspecified atom stereocenters. The van der Waals surface area contributed by atoms with Gasteiger partial charge in [-0.25, -0.2) is 0 Å². The first-order valence-electron chi connectivity index (χ1n) is 12.0. The molecular formula is C27H34N4O2. The van der Waals surface area contributed by atoms with Crippen molar-refractivity contribution in [2.24, 2.45) is 5.92 Å². The van der Waals surface area contributed by atoms with E-state index in [-0.39, 0.29) is 24.2 Å². The summed E-state index contributed by atoms with van der Waals surface area (Å²) < 4.78 is 0. The molecule has 4 rings (SSSR count). The number of anilines is 2. The van der Waals surface area contributed by atoms with Crippen molar-refractivity contribution in [2.75, 3.05) is 36.0 Å². The van der Waals surface area contributed by atoms with E-state index in [9.17, 15) is 9.59 Å². The van der Waals surface area contributed by atoms with Crippen LogP contribution in [0.25, 0.3) is 0 Å². The summed E-state index contributed by atoms with van der Waals surface area (Å²) in [6.45, 7) is 12.3. The molecule has 2 aliphatic heterocycles. The molecule has 6 heteroatoms. The Labute approximate surface area is 197 Å². The van der Waals surface area contributed by atoms with Crippen molar-refractivity contribution in [1.82, 2.24) is 4.90 Å². The van der Waals surface area contributed by atoms with Gasteiger partial charge in [-0.3, -0.25) is 14.5 Å². The number of fused-ring (bicyclic) bond motifs is 1. The van der Waals surface area contributed by atoms with Crippen LogP contribution in [0, 0.1) is 17.2 Å². The van der Waals surface area contributed by atoms with Crippen molar-refractivity contribution in [3.05, 3.63) is 59.2 Å². The maximum absolute atomic E-state index is 13.3. The fraction of sp³-hybridized carbons (Fsp3) is 0.444. The number of hydrogen-bond acceptors (Lipinski definition) is 4. The minimum Gasteiger partial charge on any atom is -0.312 e. The molecule has 0 saturated carbocycles. The Morgan fingerprint density at radius 3 is 2.61 bits per heavy atom. The number of hydrogen-bond donors (Lipinski definition) is 0. The molecular weight excluding hydrogens is 412 g/mol. The van der Waals surface area contributed by atoms with E-state index in [2.05, 4.69) is 43.0 Å². The van der Waals surface area contributed by atoms with Crippen LogP contribution in [0.5, 0.6) is 0 Å². The third-order valence-corrected chi connectivity index (χ3v) is 6.37. The molecule has 2 heterocycles. The molecule has 1 atom stereocenters. The van der Waals surface area contributed by atoms with E-state index in [4.69, 9.17) is 5.26 Å². The van der Waals surface area contributed by atoms with Crippen molar-refractivity contribution >= 4 is 23.2 Å². The summed E-state index contributed by atoms with van der Waals surface area (Å²) in [5.41, 5.74) is 4.65. The summed E-state index contributed by atoms with van der Waals surface area (Å²) in [4.78, 5) is 31.8. The second-order valence-electron chi connectivity index (χ2n) is 8.23. The summed E-state index contributed by atoms with van der Waals surface area (Å²) in [5, 5.41) is 9.13. The first-order valence-corrected chi connectivity index (χ1v) is 12.0. The number of nitriles is 1. The number of benzene rings is 2. The average Bonchev–Trinajstić information content (AvgIpc) is 3.46. The van der Waals surface area contributed by atoms with Crippen LogP contribution in [0.3, 0.4) is 0 Å². The number of carbonyl (C=O) groups excluding carboxylic acids is 2. The number of nitrogens with zero attached hydrogens (tertiary/aromatic N) is 4. The predicted octanol–water partition coefficient (Wildman–Crippen LogP) is 4.37. The Balaban J connectivity index is 0.00000149. The van der Waals surface area contributed by atoms with Gasteiger partial charge >= 0.3 is 0 Å². The average molecular weight is 447 g/mol. The van der Waals surface area contributed by atoms with Crippen molar-refractivity contribution in [1.29, 1.82) is 5.26 Å². The van der Waals surface area contributed by atoms with Crippen molar-refractivity contribution in [3.8, 4) is 6.07 Å².